The van der Waals surface area contributed by atoms with Gasteiger partial charge in [0.2, 0.25) is 0 Å². The standard InChI is InChI=1S/C13H11N3O/c17-8-4-7-6-14-16-10-3-1-2-9-13(10)12(7)11(5-8)15-9/h4,6,16H,1-3,5H2. The normalized spacial score (nSPS) is 25.3. The summed E-state index contributed by atoms with van der Waals surface area (Å²) in [6, 6.07) is 0. The minimum atomic E-state index is 0.122. The van der Waals surface area contributed by atoms with E-state index in [1.807, 2.05) is 0 Å². The molecule has 0 aromatic rings. The molecule has 2 aliphatic heterocycles. The minimum absolute atomic E-state index is 0.122. The van der Waals surface area contributed by atoms with E-state index < -0.39 is 0 Å². The molecule has 4 heteroatoms. The largest absolute Gasteiger partial charge is 0.294 e. The second-order valence-electron chi connectivity index (χ2n) is 4.70. The summed E-state index contributed by atoms with van der Waals surface area (Å²) >= 11 is 0. The maximum atomic E-state index is 11.6. The Kier molecular flexibility index (Phi) is 1.62. The summed E-state index contributed by atoms with van der Waals surface area (Å²) in [4.78, 5) is 16.3. The molecule has 0 aromatic carbocycles. The van der Waals surface area contributed by atoms with Crippen molar-refractivity contribution in [1.82, 2.24) is 5.43 Å². The van der Waals surface area contributed by atoms with Gasteiger partial charge in [-0.1, -0.05) is 0 Å². The van der Waals surface area contributed by atoms with Crippen molar-refractivity contribution in [2.45, 2.75) is 25.7 Å². The van der Waals surface area contributed by atoms with Crippen LogP contribution in [0.1, 0.15) is 25.7 Å². The Labute approximate surface area is 98.5 Å². The number of ketones is 1. The van der Waals surface area contributed by atoms with Crippen molar-refractivity contribution in [2.24, 2.45) is 10.1 Å². The molecule has 4 nitrogen and oxygen atoms in total. The predicted molar refractivity (Wildman–Crippen MR) is 64.7 cm³/mol. The van der Waals surface area contributed by atoms with Gasteiger partial charge in [0.1, 0.15) is 0 Å². The van der Waals surface area contributed by atoms with E-state index in [0.717, 1.165) is 47.5 Å². The maximum Gasteiger partial charge on any atom is 0.162 e. The summed E-state index contributed by atoms with van der Waals surface area (Å²) in [6.45, 7) is 0. The van der Waals surface area contributed by atoms with Crippen LogP contribution in [-0.2, 0) is 4.79 Å². The van der Waals surface area contributed by atoms with Crippen LogP contribution in [0, 0.1) is 0 Å². The zero-order valence-corrected chi connectivity index (χ0v) is 9.29. The zero-order chi connectivity index (χ0) is 11.4. The summed E-state index contributed by atoms with van der Waals surface area (Å²) in [5.41, 5.74) is 9.59. The smallest absolute Gasteiger partial charge is 0.162 e. The Morgan fingerprint density at radius 3 is 3.12 bits per heavy atom. The summed E-state index contributed by atoms with van der Waals surface area (Å²) in [5, 5.41) is 4.19. The SMILES string of the molecule is O=C1C=C2C=NNC3=C4C(=NC(=C24)C1)CCC3. The highest BCUT2D eigenvalue weighted by molar-refractivity contribution is 6.15. The molecule has 2 heterocycles. The first kappa shape index (κ1) is 9.10. The fourth-order valence-electron chi connectivity index (χ4n) is 2.92. The maximum absolute atomic E-state index is 11.6. The second kappa shape index (κ2) is 3.03. The van der Waals surface area contributed by atoms with Gasteiger partial charge in [-0.2, -0.15) is 5.10 Å². The van der Waals surface area contributed by atoms with Crippen molar-refractivity contribution in [2.75, 3.05) is 0 Å². The molecule has 0 atom stereocenters. The monoisotopic (exact) mass is 225 g/mol. The molecule has 84 valence electrons. The Morgan fingerprint density at radius 2 is 2.18 bits per heavy atom. The third-order valence-electron chi connectivity index (χ3n) is 3.59. The molecule has 0 radical (unpaired) electrons. The highest BCUT2D eigenvalue weighted by atomic mass is 16.1. The third-order valence-corrected chi connectivity index (χ3v) is 3.59. The molecule has 4 rings (SSSR count). The van der Waals surface area contributed by atoms with Crippen molar-refractivity contribution in [3.05, 3.63) is 34.2 Å². The highest BCUT2D eigenvalue weighted by Crippen LogP contribution is 2.41. The molecule has 4 aliphatic rings. The van der Waals surface area contributed by atoms with Crippen LogP contribution in [0.3, 0.4) is 0 Å². The van der Waals surface area contributed by atoms with Gasteiger partial charge in [0, 0.05) is 22.4 Å². The number of hydrazone groups is 1. The number of aliphatic imine (C=N–C) groups is 1. The highest BCUT2D eigenvalue weighted by Gasteiger charge is 2.34. The third kappa shape index (κ3) is 1.15. The lowest BCUT2D eigenvalue weighted by atomic mass is 9.85. The van der Waals surface area contributed by atoms with Crippen molar-refractivity contribution in [3.8, 4) is 0 Å². The molecule has 1 N–H and O–H groups in total. The molecule has 0 saturated heterocycles. The lowest BCUT2D eigenvalue weighted by Crippen LogP contribution is -2.17. The first-order chi connectivity index (χ1) is 8.33. The van der Waals surface area contributed by atoms with Crippen molar-refractivity contribution in [3.63, 3.8) is 0 Å². The Hall–Kier alpha value is -1.97. The number of carbonyl (C=O) groups is 1. The van der Waals surface area contributed by atoms with Crippen LogP contribution in [0.15, 0.2) is 44.3 Å². The van der Waals surface area contributed by atoms with Gasteiger partial charge < -0.3 is 0 Å². The molecule has 17 heavy (non-hydrogen) atoms. The number of allylic oxidation sites excluding steroid dienone is 6. The van der Waals surface area contributed by atoms with Gasteiger partial charge in [-0.05, 0) is 25.3 Å². The Bertz CT molecular complexity index is 602. The number of hydrogen-bond acceptors (Lipinski definition) is 4. The fraction of sp³-hybridized carbons (Fsp3) is 0.308. The topological polar surface area (TPSA) is 53.8 Å². The molecule has 0 aromatic heterocycles. The quantitative estimate of drug-likeness (QED) is 0.681. The molecule has 0 saturated carbocycles. The van der Waals surface area contributed by atoms with Crippen molar-refractivity contribution >= 4 is 17.7 Å². The molecule has 0 amide bonds. The van der Waals surface area contributed by atoms with Gasteiger partial charge in [0.15, 0.2) is 5.78 Å². The van der Waals surface area contributed by atoms with E-state index in [9.17, 15) is 4.79 Å². The predicted octanol–water partition coefficient (Wildman–Crippen LogP) is 1.62. The van der Waals surface area contributed by atoms with Crippen LogP contribution in [0.4, 0.5) is 0 Å². The van der Waals surface area contributed by atoms with Gasteiger partial charge >= 0.3 is 0 Å². The summed E-state index contributed by atoms with van der Waals surface area (Å²) < 4.78 is 0. The average Bonchev–Trinajstić information content (AvgIpc) is 2.56. The molecule has 2 aliphatic carbocycles. The first-order valence-electron chi connectivity index (χ1n) is 5.91. The van der Waals surface area contributed by atoms with E-state index in [0.29, 0.717) is 6.42 Å². The molecule has 0 unspecified atom stereocenters. The van der Waals surface area contributed by atoms with Crippen LogP contribution in [0.5, 0.6) is 0 Å². The van der Waals surface area contributed by atoms with E-state index >= 15 is 0 Å². The lowest BCUT2D eigenvalue weighted by molar-refractivity contribution is -0.114. The van der Waals surface area contributed by atoms with Gasteiger partial charge in [0.05, 0.1) is 24.0 Å². The van der Waals surface area contributed by atoms with Gasteiger partial charge in [-0.25, -0.2) is 0 Å². The fourth-order valence-corrected chi connectivity index (χ4v) is 2.92. The molecule has 0 spiro atoms. The minimum Gasteiger partial charge on any atom is -0.294 e. The van der Waals surface area contributed by atoms with E-state index in [1.165, 1.54) is 5.57 Å². The zero-order valence-electron chi connectivity index (χ0n) is 9.29. The average molecular weight is 225 g/mol. The number of rotatable bonds is 0. The van der Waals surface area contributed by atoms with Crippen LogP contribution in [0.2, 0.25) is 0 Å². The van der Waals surface area contributed by atoms with Crippen molar-refractivity contribution < 1.29 is 4.79 Å². The summed E-state index contributed by atoms with van der Waals surface area (Å²) in [6.07, 6.45) is 7.00. The molecular formula is C13H11N3O. The number of carbonyl (C=O) groups excluding carboxylic acids is 1. The molecular weight excluding hydrogens is 214 g/mol. The number of nitrogens with zero attached hydrogens (tertiary/aromatic N) is 2. The summed E-state index contributed by atoms with van der Waals surface area (Å²) in [7, 11) is 0. The van der Waals surface area contributed by atoms with E-state index in [1.54, 1.807) is 12.3 Å². The van der Waals surface area contributed by atoms with E-state index in [-0.39, 0.29) is 5.78 Å². The Morgan fingerprint density at radius 1 is 1.24 bits per heavy atom. The summed E-state index contributed by atoms with van der Waals surface area (Å²) in [5.74, 6) is 0.122. The van der Waals surface area contributed by atoms with Crippen LogP contribution >= 0.6 is 0 Å². The van der Waals surface area contributed by atoms with E-state index in [2.05, 4.69) is 15.5 Å². The van der Waals surface area contributed by atoms with Gasteiger partial charge in [0.25, 0.3) is 0 Å². The lowest BCUT2D eigenvalue weighted by Gasteiger charge is -2.18. The Balaban J connectivity index is 2.01. The molecule has 0 fully saturated rings. The molecule has 0 bridgehead atoms. The second-order valence-corrected chi connectivity index (χ2v) is 4.70. The first-order valence-corrected chi connectivity index (χ1v) is 5.91. The number of nitrogens with one attached hydrogen (secondary N) is 1. The van der Waals surface area contributed by atoms with Crippen LogP contribution in [0.25, 0.3) is 0 Å². The number of hydrogen-bond donors (Lipinski definition) is 1. The van der Waals surface area contributed by atoms with Crippen LogP contribution in [-0.4, -0.2) is 17.7 Å². The van der Waals surface area contributed by atoms with Crippen molar-refractivity contribution in [1.29, 1.82) is 0 Å². The van der Waals surface area contributed by atoms with Gasteiger partial charge in [-0.15, -0.1) is 0 Å². The van der Waals surface area contributed by atoms with Gasteiger partial charge in [-0.3, -0.25) is 15.2 Å². The van der Waals surface area contributed by atoms with Crippen LogP contribution < -0.4 is 5.43 Å². The van der Waals surface area contributed by atoms with E-state index in [4.69, 9.17) is 0 Å².